The fraction of sp³-hybridized carbons (Fsp3) is 0.371. The predicted molar refractivity (Wildman–Crippen MR) is 340 cm³/mol. The largest absolute Gasteiger partial charge is 0.541 e. The molecule has 7 aromatic rings. The molecule has 0 radical (unpaired) electrons. The molecule has 87 heavy (non-hydrogen) atoms. The summed E-state index contributed by atoms with van der Waals surface area (Å²) >= 11 is 0. The Morgan fingerprint density at radius 3 is 1.29 bits per heavy atom. The molecule has 2 saturated heterocycles. The van der Waals surface area contributed by atoms with E-state index < -0.39 is 85.2 Å². The third-order valence-electron chi connectivity index (χ3n) is 17.4. The van der Waals surface area contributed by atoms with E-state index in [0.717, 1.165) is 33.9 Å². The highest BCUT2D eigenvalue weighted by Crippen LogP contribution is 2.56. The van der Waals surface area contributed by atoms with Crippen molar-refractivity contribution in [1.82, 2.24) is 0 Å². The highest BCUT2D eigenvalue weighted by atomic mass is 28.4. The van der Waals surface area contributed by atoms with Crippen LogP contribution in [0.5, 0.6) is 34.5 Å². The van der Waals surface area contributed by atoms with E-state index in [1.165, 1.54) is 0 Å². The molecule has 0 amide bonds. The summed E-state index contributed by atoms with van der Waals surface area (Å²) < 4.78 is 82.8. The van der Waals surface area contributed by atoms with E-state index in [4.69, 9.17) is 56.2 Å². The summed E-state index contributed by atoms with van der Waals surface area (Å²) in [7, 11) is -7.04. The molecular formula is C70H80O14Si3. The van der Waals surface area contributed by atoms with Gasteiger partial charge in [0.25, 0.3) is 16.6 Å². The second-order valence-corrected chi connectivity index (χ2v) is 42.1. The van der Waals surface area contributed by atoms with E-state index in [2.05, 4.69) is 87.4 Å². The summed E-state index contributed by atoms with van der Waals surface area (Å²) in [4.78, 5) is 31.3. The molecule has 6 atom stereocenters. The van der Waals surface area contributed by atoms with Gasteiger partial charge in [-0.05, 0) is 66.6 Å². The van der Waals surface area contributed by atoms with Gasteiger partial charge in [-0.15, -0.1) is 0 Å². The van der Waals surface area contributed by atoms with Gasteiger partial charge in [0, 0.05) is 42.5 Å². The fourth-order valence-electron chi connectivity index (χ4n) is 10.4. The van der Waals surface area contributed by atoms with Crippen LogP contribution in [0.25, 0.3) is 0 Å². The molecular weight excluding hydrogens is 1150 g/mol. The van der Waals surface area contributed by atoms with E-state index in [9.17, 15) is 0 Å². The lowest BCUT2D eigenvalue weighted by Gasteiger charge is -2.48. The Bertz CT molecular complexity index is 3490. The molecule has 456 valence electrons. The molecule has 0 aliphatic carbocycles. The van der Waals surface area contributed by atoms with Crippen LogP contribution >= 0.6 is 0 Å². The van der Waals surface area contributed by atoms with Crippen molar-refractivity contribution in [2.24, 2.45) is 0 Å². The molecule has 0 N–H and O–H groups in total. The van der Waals surface area contributed by atoms with Crippen molar-refractivity contribution in [3.8, 4) is 34.5 Å². The van der Waals surface area contributed by atoms with Crippen LogP contribution in [0, 0.1) is 0 Å². The van der Waals surface area contributed by atoms with E-state index in [1.807, 2.05) is 152 Å². The summed E-state index contributed by atoms with van der Waals surface area (Å²) in [5.74, 6) is -2.68. The van der Waals surface area contributed by atoms with Crippen molar-refractivity contribution in [2.75, 3.05) is 13.2 Å². The minimum Gasteiger partial charge on any atom is -0.541 e. The summed E-state index contributed by atoms with van der Waals surface area (Å²) in [6.45, 7) is 28.4. The smallest absolute Gasteiger partial charge is 0.339 e. The lowest BCUT2D eigenvalue weighted by Crippen LogP contribution is -2.64. The van der Waals surface area contributed by atoms with Crippen LogP contribution in [-0.2, 0) is 40.0 Å². The van der Waals surface area contributed by atoms with Crippen molar-refractivity contribution < 1.29 is 65.8 Å². The minimum absolute atomic E-state index is 0.0310. The Balaban J connectivity index is 1.02. The Morgan fingerprint density at radius 1 is 0.506 bits per heavy atom. The molecule has 0 saturated carbocycles. The fourth-order valence-corrected chi connectivity index (χ4v) is 13.2. The van der Waals surface area contributed by atoms with E-state index in [0.29, 0.717) is 23.0 Å². The highest BCUT2D eigenvalue weighted by Gasteiger charge is 2.56. The molecule has 11 rings (SSSR count). The quantitative estimate of drug-likeness (QED) is 0.0630. The molecule has 4 aliphatic rings. The average Bonchev–Trinajstić information content (AvgIpc) is 1.65. The third kappa shape index (κ3) is 12.5. The first-order valence-electron chi connectivity index (χ1n) is 30.0. The lowest BCUT2D eigenvalue weighted by molar-refractivity contribution is -0.359. The van der Waals surface area contributed by atoms with Gasteiger partial charge >= 0.3 is 23.5 Å². The first-order chi connectivity index (χ1) is 41.2. The topological polar surface area (TPSA) is 145 Å². The predicted octanol–water partition coefficient (Wildman–Crippen LogP) is 15.7. The Kier molecular flexibility index (Phi) is 16.7. The minimum atomic E-state index is -2.66. The van der Waals surface area contributed by atoms with Crippen LogP contribution < -0.4 is 27.8 Å². The Labute approximate surface area is 514 Å². The summed E-state index contributed by atoms with van der Waals surface area (Å²) in [5, 5.41) is -0.522. The summed E-state index contributed by atoms with van der Waals surface area (Å²) in [5.41, 5.74) is 3.80. The standard InChI is InChI=1S/C70H80O14Si3/c1-67(2,3)86(10,11)83-55-43-47(41-53-58(55)81-69(79-53,49-31-21-15-22-32-49)50-33-23-16-24-34-50)63(71)76-61-60-57(45-74-65(78-60)46-29-19-14-20-30-46)75-66(73-39-40-85(7,8)9)62(61)77-64(72)48-42-54-59(56(44-48)84-87(12,13)68(4,5)6)82-70(80-54,51-35-25-17-26-36-51)52-37-27-18-28-38-52/h14-38,41-44,57,60-62,65-66H,39-40,45H2,1-13H3/t57-,60-,61+,62-,65-,66-/m1/s1. The normalized spacial score (nSPS) is 21.3. The lowest BCUT2D eigenvalue weighted by atomic mass is 9.97. The molecule has 0 bridgehead atoms. The molecule has 14 nitrogen and oxygen atoms in total. The number of carbonyl (C=O) groups is 2. The number of benzene rings is 7. The number of esters is 2. The van der Waals surface area contributed by atoms with Gasteiger partial charge in [0.2, 0.25) is 11.5 Å². The first-order valence-corrected chi connectivity index (χ1v) is 39.5. The van der Waals surface area contributed by atoms with Gasteiger partial charge in [0.05, 0.1) is 17.7 Å². The number of ether oxygens (including phenoxy) is 10. The Morgan fingerprint density at radius 2 is 0.897 bits per heavy atom. The number of hydrogen-bond donors (Lipinski definition) is 0. The average molecular weight is 1230 g/mol. The summed E-state index contributed by atoms with van der Waals surface area (Å²) in [6.07, 6.45) is -6.87. The van der Waals surface area contributed by atoms with Gasteiger partial charge in [0.1, 0.15) is 12.2 Å². The number of carbonyl (C=O) groups excluding carboxylic acids is 2. The first kappa shape index (κ1) is 61.4. The van der Waals surface area contributed by atoms with Gasteiger partial charge in [-0.3, -0.25) is 0 Å². The zero-order chi connectivity index (χ0) is 61.7. The second-order valence-electron chi connectivity index (χ2n) is 27.1. The maximum Gasteiger partial charge on any atom is 0.339 e. The second kappa shape index (κ2) is 23.7. The van der Waals surface area contributed by atoms with Gasteiger partial charge in [0.15, 0.2) is 47.8 Å². The maximum absolute atomic E-state index is 15.7. The van der Waals surface area contributed by atoms with Crippen molar-refractivity contribution >= 4 is 36.6 Å². The van der Waals surface area contributed by atoms with Crippen molar-refractivity contribution in [2.45, 2.75) is 152 Å². The molecule has 0 aromatic heterocycles. The molecule has 4 aliphatic heterocycles. The monoisotopic (exact) mass is 1230 g/mol. The van der Waals surface area contributed by atoms with Crippen LogP contribution in [-0.4, -0.2) is 80.6 Å². The number of rotatable bonds is 17. The zero-order valence-corrected chi connectivity index (χ0v) is 55.0. The molecule has 0 spiro atoms. The number of hydrogen-bond acceptors (Lipinski definition) is 14. The van der Waals surface area contributed by atoms with Gasteiger partial charge in [-0.2, -0.15) is 0 Å². The van der Waals surface area contributed by atoms with Crippen molar-refractivity contribution in [3.63, 3.8) is 0 Å². The van der Waals surface area contributed by atoms with Gasteiger partial charge in [-0.25, -0.2) is 9.59 Å². The van der Waals surface area contributed by atoms with Crippen LogP contribution in [0.2, 0.25) is 61.9 Å². The van der Waals surface area contributed by atoms with Crippen LogP contribution in [0.1, 0.15) is 96.4 Å². The SMILES string of the molecule is CC(C)(C)[Si](C)(C)Oc1cc(C(=O)O[C@@H]2[C@@H](OC(=O)c3cc4c(c(O[Si](C)(C)C(C)(C)C)c3)OC(c3ccccc3)(c3ccccc3)O4)[C@H](OCC[Si](C)(C)C)O[C@@H]3CO[C@@H](c4ccccc4)O[C@@H]23)cc2c1OC(c1ccccc1)(c1ccccc1)O2. The third-order valence-corrected chi connectivity index (χ3v) is 27.8. The maximum atomic E-state index is 15.7. The molecule has 0 unspecified atom stereocenters. The van der Waals surface area contributed by atoms with Crippen LogP contribution in [0.4, 0.5) is 0 Å². The van der Waals surface area contributed by atoms with Gasteiger partial charge < -0.3 is 56.2 Å². The molecule has 4 heterocycles. The van der Waals surface area contributed by atoms with Crippen molar-refractivity contribution in [3.05, 3.63) is 215 Å². The highest BCUT2D eigenvalue weighted by molar-refractivity contribution is 6.76. The Hall–Kier alpha value is -7.23. The van der Waals surface area contributed by atoms with E-state index in [1.54, 1.807) is 24.3 Å². The van der Waals surface area contributed by atoms with E-state index >= 15 is 9.59 Å². The molecule has 17 heteroatoms. The van der Waals surface area contributed by atoms with Gasteiger partial charge in [-0.1, -0.05) is 213 Å². The molecule has 7 aromatic carbocycles. The molecule has 2 fully saturated rings. The number of fused-ring (bicyclic) bond motifs is 3. The van der Waals surface area contributed by atoms with Crippen molar-refractivity contribution in [1.29, 1.82) is 0 Å². The van der Waals surface area contributed by atoms with E-state index in [-0.39, 0.29) is 45.9 Å². The van der Waals surface area contributed by atoms with Crippen LogP contribution in [0.3, 0.4) is 0 Å². The summed E-state index contributed by atoms with van der Waals surface area (Å²) in [6, 6.07) is 55.4. The van der Waals surface area contributed by atoms with Crippen LogP contribution in [0.15, 0.2) is 176 Å². The zero-order valence-electron chi connectivity index (χ0n) is 52.0.